The number of primary sulfonamides is 1. The fraction of sp³-hybridized carbons (Fsp3) is 0.538. The smallest absolute Gasteiger partial charge is 0.238 e. The largest absolute Gasteiger partial charge is 0.397 e. The normalized spacial score (nSPS) is 23.5. The number of hydrogen-bond acceptors (Lipinski definition) is 5. The Morgan fingerprint density at radius 2 is 2.00 bits per heavy atom. The van der Waals surface area contributed by atoms with Crippen molar-refractivity contribution in [2.75, 3.05) is 17.6 Å². The summed E-state index contributed by atoms with van der Waals surface area (Å²) in [5, 5.41) is 18.1. The molecule has 0 aliphatic heterocycles. The van der Waals surface area contributed by atoms with E-state index in [0.717, 1.165) is 25.7 Å². The van der Waals surface area contributed by atoms with Gasteiger partial charge in [0.25, 0.3) is 0 Å². The van der Waals surface area contributed by atoms with Crippen LogP contribution in [-0.2, 0) is 10.0 Å². The van der Waals surface area contributed by atoms with Crippen molar-refractivity contribution < 1.29 is 13.5 Å². The molecule has 0 spiro atoms. The van der Waals surface area contributed by atoms with Gasteiger partial charge in [-0.2, -0.15) is 0 Å². The van der Waals surface area contributed by atoms with E-state index in [2.05, 4.69) is 5.32 Å². The quantitative estimate of drug-likeness (QED) is 0.615. The van der Waals surface area contributed by atoms with Crippen LogP contribution in [0, 0.1) is 5.92 Å². The van der Waals surface area contributed by atoms with Gasteiger partial charge in [0.1, 0.15) is 0 Å². The Bertz CT molecular complexity index is 574. The van der Waals surface area contributed by atoms with Gasteiger partial charge in [0.15, 0.2) is 0 Å². The summed E-state index contributed by atoms with van der Waals surface area (Å²) in [5.74, 6) is 0.168. The molecule has 1 aromatic carbocycles. The molecule has 6 nitrogen and oxygen atoms in total. The SMILES string of the molecule is Nc1ccc(S(N)(=O)=O)cc1NCC1CCCCC1O. The van der Waals surface area contributed by atoms with E-state index in [0.29, 0.717) is 17.9 Å². The van der Waals surface area contributed by atoms with E-state index in [1.165, 1.54) is 18.2 Å². The highest BCUT2D eigenvalue weighted by molar-refractivity contribution is 7.89. The van der Waals surface area contributed by atoms with Gasteiger partial charge in [0.2, 0.25) is 10.0 Å². The Morgan fingerprint density at radius 1 is 1.30 bits per heavy atom. The lowest BCUT2D eigenvalue weighted by Gasteiger charge is -2.28. The molecule has 1 fully saturated rings. The summed E-state index contributed by atoms with van der Waals surface area (Å²) in [6, 6.07) is 4.32. The molecule has 0 radical (unpaired) electrons. The molecule has 1 aliphatic rings. The number of nitrogen functional groups attached to an aromatic ring is 1. The van der Waals surface area contributed by atoms with Crippen LogP contribution >= 0.6 is 0 Å². The van der Waals surface area contributed by atoms with Crippen LogP contribution in [0.5, 0.6) is 0 Å². The Hall–Kier alpha value is -1.31. The molecule has 1 aromatic rings. The summed E-state index contributed by atoms with van der Waals surface area (Å²) in [5.41, 5.74) is 6.82. The van der Waals surface area contributed by atoms with Crippen LogP contribution < -0.4 is 16.2 Å². The Labute approximate surface area is 119 Å². The second-order valence-electron chi connectivity index (χ2n) is 5.29. The number of benzene rings is 1. The maximum Gasteiger partial charge on any atom is 0.238 e. The van der Waals surface area contributed by atoms with Crippen molar-refractivity contribution in [1.82, 2.24) is 0 Å². The van der Waals surface area contributed by atoms with E-state index >= 15 is 0 Å². The number of hydrogen-bond donors (Lipinski definition) is 4. The van der Waals surface area contributed by atoms with Gasteiger partial charge >= 0.3 is 0 Å². The van der Waals surface area contributed by atoms with Gasteiger partial charge in [-0.05, 0) is 31.0 Å². The standard InChI is InChI=1S/C13H21N3O3S/c14-11-6-5-10(20(15,18)19)7-12(11)16-8-9-3-1-2-4-13(9)17/h5-7,9,13,16-17H,1-4,8,14H2,(H2,15,18,19). The lowest BCUT2D eigenvalue weighted by Crippen LogP contribution is -2.30. The van der Waals surface area contributed by atoms with Crippen LogP contribution in [0.15, 0.2) is 23.1 Å². The molecule has 1 aliphatic carbocycles. The van der Waals surface area contributed by atoms with Crippen LogP contribution in [0.3, 0.4) is 0 Å². The fourth-order valence-corrected chi connectivity index (χ4v) is 3.07. The molecule has 112 valence electrons. The van der Waals surface area contributed by atoms with Gasteiger partial charge < -0.3 is 16.2 Å². The third-order valence-corrected chi connectivity index (χ3v) is 4.69. The van der Waals surface area contributed by atoms with Crippen molar-refractivity contribution in [3.05, 3.63) is 18.2 Å². The minimum atomic E-state index is -3.74. The van der Waals surface area contributed by atoms with E-state index in [-0.39, 0.29) is 16.9 Å². The van der Waals surface area contributed by atoms with Crippen molar-refractivity contribution in [2.24, 2.45) is 11.1 Å². The molecule has 0 bridgehead atoms. The number of nitrogens with one attached hydrogen (secondary N) is 1. The molecule has 1 saturated carbocycles. The van der Waals surface area contributed by atoms with Crippen LogP contribution in [0.2, 0.25) is 0 Å². The Morgan fingerprint density at radius 3 is 2.65 bits per heavy atom. The van der Waals surface area contributed by atoms with Gasteiger partial charge in [-0.15, -0.1) is 0 Å². The molecule has 7 heteroatoms. The molecule has 6 N–H and O–H groups in total. The van der Waals surface area contributed by atoms with Crippen LogP contribution in [0.25, 0.3) is 0 Å². The summed E-state index contributed by atoms with van der Waals surface area (Å²) >= 11 is 0. The Kier molecular flexibility index (Phi) is 4.52. The highest BCUT2D eigenvalue weighted by Crippen LogP contribution is 2.27. The lowest BCUT2D eigenvalue weighted by molar-refractivity contribution is 0.0763. The van der Waals surface area contributed by atoms with Crippen LogP contribution in [0.4, 0.5) is 11.4 Å². The fourth-order valence-electron chi connectivity index (χ4n) is 2.53. The number of rotatable bonds is 4. The molecule has 0 saturated heterocycles. The van der Waals surface area contributed by atoms with Gasteiger partial charge in [0.05, 0.1) is 22.4 Å². The number of sulfonamides is 1. The third-order valence-electron chi connectivity index (χ3n) is 3.78. The minimum absolute atomic E-state index is 0.0263. The molecule has 0 aromatic heterocycles. The van der Waals surface area contributed by atoms with Crippen molar-refractivity contribution in [3.8, 4) is 0 Å². The van der Waals surface area contributed by atoms with Crippen LogP contribution in [-0.4, -0.2) is 26.2 Å². The predicted molar refractivity (Wildman–Crippen MR) is 78.7 cm³/mol. The van der Waals surface area contributed by atoms with Crippen molar-refractivity contribution in [2.45, 2.75) is 36.7 Å². The average molecular weight is 299 g/mol. The van der Waals surface area contributed by atoms with E-state index < -0.39 is 10.0 Å². The predicted octanol–water partition coefficient (Wildman–Crippen LogP) is 0.879. The topological polar surface area (TPSA) is 118 Å². The van der Waals surface area contributed by atoms with Gasteiger partial charge in [-0.1, -0.05) is 12.8 Å². The molecule has 2 unspecified atom stereocenters. The number of anilines is 2. The Balaban J connectivity index is 2.09. The lowest BCUT2D eigenvalue weighted by atomic mass is 9.86. The zero-order valence-electron chi connectivity index (χ0n) is 11.2. The van der Waals surface area contributed by atoms with Crippen molar-refractivity contribution in [3.63, 3.8) is 0 Å². The van der Waals surface area contributed by atoms with Crippen molar-refractivity contribution in [1.29, 1.82) is 0 Å². The molecule has 2 atom stereocenters. The highest BCUT2D eigenvalue weighted by atomic mass is 32.2. The van der Waals surface area contributed by atoms with Gasteiger partial charge in [-0.3, -0.25) is 0 Å². The zero-order chi connectivity index (χ0) is 14.8. The molecule has 0 heterocycles. The number of aliphatic hydroxyl groups is 1. The second kappa shape index (κ2) is 5.99. The number of nitrogens with two attached hydrogens (primary N) is 2. The van der Waals surface area contributed by atoms with E-state index in [1.54, 1.807) is 0 Å². The maximum absolute atomic E-state index is 11.3. The average Bonchev–Trinajstić information content (AvgIpc) is 2.38. The van der Waals surface area contributed by atoms with E-state index in [4.69, 9.17) is 10.9 Å². The third kappa shape index (κ3) is 3.62. The molecule has 2 rings (SSSR count). The summed E-state index contributed by atoms with van der Waals surface area (Å²) in [7, 11) is -3.74. The first-order valence-electron chi connectivity index (χ1n) is 6.72. The van der Waals surface area contributed by atoms with Crippen molar-refractivity contribution >= 4 is 21.4 Å². The zero-order valence-corrected chi connectivity index (χ0v) is 12.1. The summed E-state index contributed by atoms with van der Waals surface area (Å²) in [6.45, 7) is 0.569. The first-order chi connectivity index (χ1) is 9.38. The minimum Gasteiger partial charge on any atom is -0.397 e. The van der Waals surface area contributed by atoms with Crippen LogP contribution in [0.1, 0.15) is 25.7 Å². The first-order valence-corrected chi connectivity index (χ1v) is 8.27. The van der Waals surface area contributed by atoms with Gasteiger partial charge in [0, 0.05) is 12.5 Å². The number of aliphatic hydroxyl groups excluding tert-OH is 1. The maximum atomic E-state index is 11.3. The summed E-state index contributed by atoms with van der Waals surface area (Å²) in [4.78, 5) is 0.0263. The molecular formula is C13H21N3O3S. The highest BCUT2D eigenvalue weighted by Gasteiger charge is 2.23. The molecule has 20 heavy (non-hydrogen) atoms. The first kappa shape index (κ1) is 15.1. The second-order valence-corrected chi connectivity index (χ2v) is 6.85. The summed E-state index contributed by atoms with van der Waals surface area (Å²) < 4.78 is 22.6. The monoisotopic (exact) mass is 299 g/mol. The summed E-state index contributed by atoms with van der Waals surface area (Å²) in [6.07, 6.45) is 3.64. The van der Waals surface area contributed by atoms with E-state index in [9.17, 15) is 13.5 Å². The molecule has 0 amide bonds. The van der Waals surface area contributed by atoms with Gasteiger partial charge in [-0.25, -0.2) is 13.6 Å². The van der Waals surface area contributed by atoms with E-state index in [1.807, 2.05) is 0 Å². The molecular weight excluding hydrogens is 278 g/mol.